The van der Waals surface area contributed by atoms with Crippen LogP contribution in [-0.4, -0.2) is 70.4 Å². The van der Waals surface area contributed by atoms with Crippen LogP contribution in [0.4, 0.5) is 10.1 Å². The second-order valence-corrected chi connectivity index (χ2v) is 17.8. The van der Waals surface area contributed by atoms with Gasteiger partial charge in [-0.25, -0.2) is 4.39 Å². The number of ether oxygens (including phenoxy) is 1. The van der Waals surface area contributed by atoms with Gasteiger partial charge in [0.1, 0.15) is 29.5 Å². The molecule has 298 valence electrons. The molecule has 10 nitrogen and oxygen atoms in total. The average Bonchev–Trinajstić information content (AvgIpc) is 3.62. The van der Waals surface area contributed by atoms with Crippen LogP contribution >= 0.6 is 11.6 Å². The Morgan fingerprint density at radius 3 is 2.22 bits per heavy atom. The van der Waals surface area contributed by atoms with E-state index in [-0.39, 0.29) is 82.4 Å². The Balaban J connectivity index is 0.907. The molecular weight excluding hydrogens is 759 g/mol. The lowest BCUT2D eigenvalue weighted by Crippen LogP contribution is -2.74. The number of halogens is 2. The minimum Gasteiger partial charge on any atom is -0.489 e. The van der Waals surface area contributed by atoms with Gasteiger partial charge >= 0.3 is 0 Å². The first-order chi connectivity index (χ1) is 27.6. The summed E-state index contributed by atoms with van der Waals surface area (Å²) >= 11 is 6.28. The van der Waals surface area contributed by atoms with E-state index in [2.05, 4.69) is 45.6 Å². The second kappa shape index (κ2) is 14.7. The van der Waals surface area contributed by atoms with Crippen molar-refractivity contribution in [2.45, 2.75) is 97.4 Å². The minimum atomic E-state index is -1.03. The van der Waals surface area contributed by atoms with Crippen molar-refractivity contribution in [3.05, 3.63) is 92.8 Å². The lowest BCUT2D eigenvalue weighted by molar-refractivity contribution is -0.199. The number of piperidine rings is 1. The van der Waals surface area contributed by atoms with E-state index in [0.29, 0.717) is 67.2 Å². The number of fused-ring (bicyclic) bond motifs is 2. The van der Waals surface area contributed by atoms with Crippen molar-refractivity contribution in [1.29, 1.82) is 5.26 Å². The molecule has 3 fully saturated rings. The highest BCUT2D eigenvalue weighted by Crippen LogP contribution is 2.59. The number of hydrogen-bond acceptors (Lipinski definition) is 8. The zero-order valence-corrected chi connectivity index (χ0v) is 33.7. The number of carbonyl (C=O) groups is 5. The van der Waals surface area contributed by atoms with E-state index in [1.54, 1.807) is 18.2 Å². The molecule has 2 saturated carbocycles. The summed E-state index contributed by atoms with van der Waals surface area (Å²) in [6.07, 6.45) is 2.12. The quantitative estimate of drug-likeness (QED) is 0.192. The third-order valence-electron chi connectivity index (χ3n) is 12.8. The number of nitriles is 1. The monoisotopic (exact) mass is 802 g/mol. The summed E-state index contributed by atoms with van der Waals surface area (Å²) < 4.78 is 22.0. The van der Waals surface area contributed by atoms with E-state index in [0.717, 1.165) is 22.1 Å². The summed E-state index contributed by atoms with van der Waals surface area (Å²) in [7, 11) is 0. The zero-order valence-electron chi connectivity index (χ0n) is 33.0. The van der Waals surface area contributed by atoms with Crippen molar-refractivity contribution >= 4 is 46.6 Å². The molecule has 0 radical (unpaired) electrons. The molecule has 0 spiro atoms. The molecule has 0 bridgehead atoms. The minimum absolute atomic E-state index is 0.000975. The first-order valence-electron chi connectivity index (χ1n) is 19.9. The highest BCUT2D eigenvalue weighted by molar-refractivity contribution is 6.31. The number of ketones is 2. The number of nitrogens with zero attached hydrogens (tertiary/aromatic N) is 4. The Bertz CT molecular complexity index is 2380. The molecule has 58 heavy (non-hydrogen) atoms. The maximum atomic E-state index is 15.6. The van der Waals surface area contributed by atoms with Gasteiger partial charge in [-0.15, -0.1) is 0 Å². The number of Topliss-reactive ketones (excluding diaryl/α,β-unsaturated/α-hetero) is 2. The lowest BCUT2D eigenvalue weighted by Gasteiger charge is -2.65. The summed E-state index contributed by atoms with van der Waals surface area (Å²) in [6.45, 7) is 9.89. The Kier molecular flexibility index (Phi) is 9.96. The fourth-order valence-corrected chi connectivity index (χ4v) is 10.6. The molecule has 1 saturated heterocycles. The normalized spacial score (nSPS) is 24.0. The Labute approximate surface area is 342 Å². The van der Waals surface area contributed by atoms with Crippen LogP contribution < -0.4 is 9.64 Å². The largest absolute Gasteiger partial charge is 0.489 e. The summed E-state index contributed by atoms with van der Waals surface area (Å²) in [5.74, 6) is 5.12. The molecule has 3 amide bonds. The summed E-state index contributed by atoms with van der Waals surface area (Å²) in [6, 6.07) is 14.2. The lowest BCUT2D eigenvalue weighted by atomic mass is 9.49. The van der Waals surface area contributed by atoms with Crippen molar-refractivity contribution in [2.75, 3.05) is 18.0 Å². The molecule has 3 aromatic carbocycles. The topological polar surface area (TPSA) is 128 Å². The first kappa shape index (κ1) is 39.3. The van der Waals surface area contributed by atoms with Gasteiger partial charge in [-0.2, -0.15) is 5.26 Å². The third-order valence-corrected chi connectivity index (χ3v) is 13.1. The first-order valence-corrected chi connectivity index (χ1v) is 20.3. The number of carbonyl (C=O) groups excluding carboxylic acids is 5. The zero-order chi connectivity index (χ0) is 41.3. The smallest absolute Gasteiger partial charge is 0.262 e. The highest BCUT2D eigenvalue weighted by Gasteiger charge is 2.67. The molecule has 8 rings (SSSR count). The highest BCUT2D eigenvalue weighted by atomic mass is 35.5. The van der Waals surface area contributed by atoms with Gasteiger partial charge in [0.15, 0.2) is 5.78 Å². The second-order valence-electron chi connectivity index (χ2n) is 17.4. The average molecular weight is 803 g/mol. The molecule has 3 aromatic rings. The van der Waals surface area contributed by atoms with Gasteiger partial charge in [0.25, 0.3) is 17.7 Å². The van der Waals surface area contributed by atoms with Gasteiger partial charge in [0, 0.05) is 78.9 Å². The van der Waals surface area contributed by atoms with Crippen molar-refractivity contribution in [1.82, 2.24) is 9.80 Å². The maximum absolute atomic E-state index is 15.6. The van der Waals surface area contributed by atoms with E-state index in [1.165, 1.54) is 6.07 Å². The number of hydrogen-bond donors (Lipinski definition) is 0. The molecule has 3 aliphatic heterocycles. The van der Waals surface area contributed by atoms with Crippen LogP contribution in [0.15, 0.2) is 48.5 Å². The number of anilines is 1. The molecule has 1 atom stereocenters. The fourth-order valence-electron chi connectivity index (χ4n) is 10.4. The summed E-state index contributed by atoms with van der Waals surface area (Å²) in [5.41, 5.74) is 2.26. The van der Waals surface area contributed by atoms with Crippen molar-refractivity contribution in [3.63, 3.8) is 0 Å². The van der Waals surface area contributed by atoms with Crippen LogP contribution in [0.2, 0.25) is 5.02 Å². The molecule has 0 N–H and O–H groups in total. The maximum Gasteiger partial charge on any atom is 0.262 e. The Morgan fingerprint density at radius 1 is 0.828 bits per heavy atom. The number of amides is 3. The van der Waals surface area contributed by atoms with Crippen molar-refractivity contribution in [3.8, 4) is 23.7 Å². The predicted molar refractivity (Wildman–Crippen MR) is 214 cm³/mol. The van der Waals surface area contributed by atoms with Crippen molar-refractivity contribution < 1.29 is 33.1 Å². The van der Waals surface area contributed by atoms with Gasteiger partial charge in [-0.3, -0.25) is 28.9 Å². The van der Waals surface area contributed by atoms with E-state index < -0.39 is 23.7 Å². The van der Waals surface area contributed by atoms with Gasteiger partial charge < -0.3 is 14.5 Å². The van der Waals surface area contributed by atoms with E-state index >= 15 is 4.39 Å². The van der Waals surface area contributed by atoms with Crippen LogP contribution in [0.5, 0.6) is 5.75 Å². The van der Waals surface area contributed by atoms with Gasteiger partial charge in [0.05, 0.1) is 33.4 Å². The van der Waals surface area contributed by atoms with Gasteiger partial charge in [-0.1, -0.05) is 51.1 Å². The molecule has 5 aliphatic rings. The fraction of sp³-hybridized carbons (Fsp3) is 0.435. The number of rotatable bonds is 5. The SMILES string of the molecule is CC1(C)[C@H](Oc2ccc(C#N)c(Cl)c2)C(C)(C)[C@H]1N1Cc2cc(C#CC3CCN(c4cc5c(cc4F)C(=O)N(C4CCC(=O)CCCC4=O)C5=O)CC3)ccc2C1=O. The third kappa shape index (κ3) is 6.63. The predicted octanol–water partition coefficient (Wildman–Crippen LogP) is 7.52. The van der Waals surface area contributed by atoms with Crippen LogP contribution in [0.3, 0.4) is 0 Å². The molecular formula is C46H44ClFN4O6. The van der Waals surface area contributed by atoms with Crippen LogP contribution in [0.25, 0.3) is 0 Å². The van der Waals surface area contributed by atoms with Crippen molar-refractivity contribution in [2.24, 2.45) is 16.7 Å². The van der Waals surface area contributed by atoms with E-state index in [1.807, 2.05) is 28.0 Å². The standard InChI is InChI=1S/C46H44ClFN4O6/c1-45(2)43(46(3,4)44(45)58-31-13-11-28(24-49)35(47)21-31)51-25-29-20-27(10-14-32(29)40(51)55)9-8-26-16-18-50(19-17-26)38-23-34-33(22-36(38)48)41(56)52(42(34)57)37-15-12-30(53)6-5-7-39(37)54/h10-11,13-14,20-23,26,37,43-44H,5-7,12,15-19,25H2,1-4H3/t37?,43-,44-. The Morgan fingerprint density at radius 2 is 1.53 bits per heavy atom. The van der Waals surface area contributed by atoms with E-state index in [9.17, 15) is 29.2 Å². The van der Waals surface area contributed by atoms with Gasteiger partial charge in [0.2, 0.25) is 0 Å². The van der Waals surface area contributed by atoms with Gasteiger partial charge in [-0.05, 0) is 73.7 Å². The number of imide groups is 1. The molecule has 2 aliphatic carbocycles. The molecule has 3 heterocycles. The molecule has 0 aromatic heterocycles. The summed E-state index contributed by atoms with van der Waals surface area (Å²) in [5, 5.41) is 9.59. The molecule has 1 unspecified atom stereocenters. The van der Waals surface area contributed by atoms with E-state index in [4.69, 9.17) is 16.3 Å². The Hall–Kier alpha value is -5.52. The van der Waals surface area contributed by atoms with Crippen LogP contribution in [0.1, 0.15) is 120 Å². The van der Waals surface area contributed by atoms with Crippen LogP contribution in [0, 0.1) is 45.7 Å². The number of benzene rings is 3. The molecule has 12 heteroatoms. The summed E-state index contributed by atoms with van der Waals surface area (Å²) in [4.78, 5) is 70.4. The van der Waals surface area contributed by atoms with Crippen LogP contribution in [-0.2, 0) is 16.1 Å².